The molecule has 0 radical (unpaired) electrons. The molecule has 0 aliphatic carbocycles. The molecule has 0 saturated heterocycles. The molecule has 1 aromatic carbocycles. The summed E-state index contributed by atoms with van der Waals surface area (Å²) in [7, 11) is 0. The lowest BCUT2D eigenvalue weighted by Gasteiger charge is -2.03. The van der Waals surface area contributed by atoms with Gasteiger partial charge in [0.05, 0.1) is 5.02 Å². The van der Waals surface area contributed by atoms with E-state index in [1.807, 2.05) is 0 Å². The van der Waals surface area contributed by atoms with Crippen LogP contribution in [0.1, 0.15) is 13.3 Å². The maximum atomic E-state index is 10.9. The van der Waals surface area contributed by atoms with Crippen LogP contribution in [0.2, 0.25) is 5.02 Å². The van der Waals surface area contributed by atoms with Gasteiger partial charge in [0.1, 0.15) is 5.75 Å². The molecule has 0 atom stereocenters. The molecule has 0 aliphatic heterocycles. The van der Waals surface area contributed by atoms with E-state index in [1.54, 1.807) is 31.2 Å². The van der Waals surface area contributed by atoms with Gasteiger partial charge in [-0.1, -0.05) is 30.7 Å². The lowest BCUT2D eigenvalue weighted by atomic mass is 10.3. The fraction of sp³-hybridized carbons (Fsp3) is 0.222. The third kappa shape index (κ3) is 2.24. The van der Waals surface area contributed by atoms with Crippen molar-refractivity contribution >= 4 is 17.6 Å². The number of benzene rings is 1. The highest BCUT2D eigenvalue weighted by atomic mass is 35.5. The Morgan fingerprint density at radius 1 is 1.50 bits per heavy atom. The Morgan fingerprint density at radius 3 is 2.75 bits per heavy atom. The zero-order valence-electron chi connectivity index (χ0n) is 6.71. The molecule has 3 heteroatoms. The lowest BCUT2D eigenvalue weighted by Crippen LogP contribution is -2.05. The van der Waals surface area contributed by atoms with Crippen molar-refractivity contribution < 1.29 is 9.53 Å². The second-order valence-corrected chi connectivity index (χ2v) is 2.67. The highest BCUT2D eigenvalue weighted by Crippen LogP contribution is 2.23. The number of esters is 1. The van der Waals surface area contributed by atoms with Crippen LogP contribution in [0.3, 0.4) is 0 Å². The summed E-state index contributed by atoms with van der Waals surface area (Å²) in [5.41, 5.74) is 0. The van der Waals surface area contributed by atoms with E-state index in [2.05, 4.69) is 0 Å². The van der Waals surface area contributed by atoms with Crippen LogP contribution < -0.4 is 4.74 Å². The van der Waals surface area contributed by atoms with Gasteiger partial charge in [-0.15, -0.1) is 0 Å². The zero-order valence-corrected chi connectivity index (χ0v) is 7.47. The van der Waals surface area contributed by atoms with Crippen molar-refractivity contribution in [2.24, 2.45) is 0 Å². The maximum absolute atomic E-state index is 10.9. The molecule has 0 fully saturated rings. The average molecular weight is 185 g/mol. The summed E-state index contributed by atoms with van der Waals surface area (Å²) in [6.07, 6.45) is 0.352. The summed E-state index contributed by atoms with van der Waals surface area (Å²) in [6, 6.07) is 6.89. The molecule has 0 N–H and O–H groups in total. The standard InChI is InChI=1S/C9H9ClO2/c1-2-9(11)12-8-6-4-3-5-7(8)10/h3-6H,2H2,1H3. The molecule has 12 heavy (non-hydrogen) atoms. The number of rotatable bonds is 2. The normalized spacial score (nSPS) is 9.50. The number of hydrogen-bond donors (Lipinski definition) is 0. The van der Waals surface area contributed by atoms with Gasteiger partial charge in [0, 0.05) is 6.42 Å². The van der Waals surface area contributed by atoms with E-state index in [-0.39, 0.29) is 5.97 Å². The summed E-state index contributed by atoms with van der Waals surface area (Å²) >= 11 is 5.75. The third-order valence-corrected chi connectivity index (χ3v) is 1.66. The van der Waals surface area contributed by atoms with Gasteiger partial charge in [0.2, 0.25) is 0 Å². The van der Waals surface area contributed by atoms with Crippen LogP contribution in [0.4, 0.5) is 0 Å². The number of hydrogen-bond acceptors (Lipinski definition) is 2. The number of para-hydroxylation sites is 1. The Morgan fingerprint density at radius 2 is 2.17 bits per heavy atom. The SMILES string of the molecule is CCC(=O)Oc1ccccc1Cl. The Hall–Kier alpha value is -1.02. The van der Waals surface area contributed by atoms with Gasteiger partial charge >= 0.3 is 5.97 Å². The number of carbonyl (C=O) groups is 1. The molecule has 0 aromatic heterocycles. The van der Waals surface area contributed by atoms with Crippen LogP contribution >= 0.6 is 11.6 Å². The van der Waals surface area contributed by atoms with E-state index in [9.17, 15) is 4.79 Å². The molecule has 0 bridgehead atoms. The smallest absolute Gasteiger partial charge is 0.310 e. The number of ether oxygens (including phenoxy) is 1. The molecule has 1 rings (SSSR count). The minimum absolute atomic E-state index is 0.275. The van der Waals surface area contributed by atoms with Crippen LogP contribution in [-0.2, 0) is 4.79 Å². The molecular formula is C9H9ClO2. The Balaban J connectivity index is 2.75. The van der Waals surface area contributed by atoms with Crippen molar-refractivity contribution in [1.29, 1.82) is 0 Å². The van der Waals surface area contributed by atoms with Crippen LogP contribution in [-0.4, -0.2) is 5.97 Å². The lowest BCUT2D eigenvalue weighted by molar-refractivity contribution is -0.134. The average Bonchev–Trinajstić information content (AvgIpc) is 2.09. The molecule has 64 valence electrons. The number of halogens is 1. The first-order chi connectivity index (χ1) is 5.74. The Bertz CT molecular complexity index is 284. The quantitative estimate of drug-likeness (QED) is 0.522. The second kappa shape index (κ2) is 4.12. The van der Waals surface area contributed by atoms with E-state index < -0.39 is 0 Å². The topological polar surface area (TPSA) is 26.3 Å². The van der Waals surface area contributed by atoms with Gasteiger partial charge in [0.25, 0.3) is 0 Å². The van der Waals surface area contributed by atoms with E-state index in [0.717, 1.165) is 0 Å². The monoisotopic (exact) mass is 184 g/mol. The Kier molecular flexibility index (Phi) is 3.11. The van der Waals surface area contributed by atoms with Gasteiger partial charge in [-0.3, -0.25) is 4.79 Å². The first-order valence-corrected chi connectivity index (χ1v) is 4.07. The summed E-state index contributed by atoms with van der Waals surface area (Å²) in [5, 5.41) is 0.458. The summed E-state index contributed by atoms with van der Waals surface area (Å²) in [5.74, 6) is 0.147. The summed E-state index contributed by atoms with van der Waals surface area (Å²) < 4.78 is 4.92. The van der Waals surface area contributed by atoms with Crippen LogP contribution in [0.15, 0.2) is 24.3 Å². The van der Waals surface area contributed by atoms with Gasteiger partial charge in [-0.05, 0) is 12.1 Å². The molecule has 2 nitrogen and oxygen atoms in total. The van der Waals surface area contributed by atoms with Gasteiger partial charge < -0.3 is 4.74 Å². The Labute approximate surface area is 76.1 Å². The predicted octanol–water partition coefficient (Wildman–Crippen LogP) is 2.66. The predicted molar refractivity (Wildman–Crippen MR) is 47.4 cm³/mol. The minimum Gasteiger partial charge on any atom is -0.425 e. The zero-order chi connectivity index (χ0) is 8.97. The highest BCUT2D eigenvalue weighted by molar-refractivity contribution is 6.32. The van der Waals surface area contributed by atoms with Gasteiger partial charge in [0.15, 0.2) is 0 Å². The van der Waals surface area contributed by atoms with Crippen LogP contribution in [0.5, 0.6) is 5.75 Å². The molecule has 0 spiro atoms. The van der Waals surface area contributed by atoms with Gasteiger partial charge in [-0.25, -0.2) is 0 Å². The molecule has 0 unspecified atom stereocenters. The van der Waals surface area contributed by atoms with Crippen molar-refractivity contribution in [1.82, 2.24) is 0 Å². The third-order valence-electron chi connectivity index (χ3n) is 1.35. The molecule has 0 heterocycles. The molecule has 0 amide bonds. The van der Waals surface area contributed by atoms with Crippen molar-refractivity contribution in [3.63, 3.8) is 0 Å². The fourth-order valence-electron chi connectivity index (χ4n) is 0.722. The largest absolute Gasteiger partial charge is 0.425 e. The number of carbonyl (C=O) groups excluding carboxylic acids is 1. The van der Waals surface area contributed by atoms with E-state index in [4.69, 9.17) is 16.3 Å². The molecule has 0 saturated carbocycles. The van der Waals surface area contributed by atoms with Crippen molar-refractivity contribution in [2.75, 3.05) is 0 Å². The highest BCUT2D eigenvalue weighted by Gasteiger charge is 2.03. The second-order valence-electron chi connectivity index (χ2n) is 2.26. The van der Waals surface area contributed by atoms with Crippen LogP contribution in [0, 0.1) is 0 Å². The summed E-state index contributed by atoms with van der Waals surface area (Å²) in [4.78, 5) is 10.9. The summed E-state index contributed by atoms with van der Waals surface area (Å²) in [6.45, 7) is 1.74. The fourth-order valence-corrected chi connectivity index (χ4v) is 0.897. The minimum atomic E-state index is -0.275. The van der Waals surface area contributed by atoms with Gasteiger partial charge in [-0.2, -0.15) is 0 Å². The van der Waals surface area contributed by atoms with E-state index in [1.165, 1.54) is 0 Å². The van der Waals surface area contributed by atoms with E-state index in [0.29, 0.717) is 17.2 Å². The van der Waals surface area contributed by atoms with Crippen molar-refractivity contribution in [2.45, 2.75) is 13.3 Å². The maximum Gasteiger partial charge on any atom is 0.310 e. The van der Waals surface area contributed by atoms with Crippen molar-refractivity contribution in [3.8, 4) is 5.75 Å². The molecular weight excluding hydrogens is 176 g/mol. The van der Waals surface area contributed by atoms with E-state index >= 15 is 0 Å². The molecule has 1 aromatic rings. The first kappa shape index (κ1) is 9.07. The van der Waals surface area contributed by atoms with Crippen molar-refractivity contribution in [3.05, 3.63) is 29.3 Å². The van der Waals surface area contributed by atoms with Crippen LogP contribution in [0.25, 0.3) is 0 Å². The molecule has 0 aliphatic rings. The first-order valence-electron chi connectivity index (χ1n) is 3.69.